The third kappa shape index (κ3) is 4.35. The van der Waals surface area contributed by atoms with Crippen molar-refractivity contribution in [2.45, 2.75) is 46.0 Å². The molecule has 0 aliphatic carbocycles. The van der Waals surface area contributed by atoms with Gasteiger partial charge in [-0.25, -0.2) is 0 Å². The van der Waals surface area contributed by atoms with E-state index < -0.39 is 17.2 Å². The van der Waals surface area contributed by atoms with Crippen LogP contribution in [0.5, 0.6) is 0 Å². The monoisotopic (exact) mass is 360 g/mol. The third-order valence-corrected chi connectivity index (χ3v) is 5.87. The van der Waals surface area contributed by atoms with E-state index in [0.717, 1.165) is 38.8 Å². The smallest absolute Gasteiger partial charge is 0.243 e. The van der Waals surface area contributed by atoms with Crippen molar-refractivity contribution >= 4 is 23.6 Å². The molecule has 1 atom stereocenters. The van der Waals surface area contributed by atoms with Crippen molar-refractivity contribution in [2.24, 2.45) is 11.3 Å². The van der Waals surface area contributed by atoms with Crippen LogP contribution in [-0.4, -0.2) is 35.6 Å². The van der Waals surface area contributed by atoms with Gasteiger partial charge in [0.1, 0.15) is 5.92 Å². The molecule has 0 spiro atoms. The Balaban J connectivity index is 2.09. The van der Waals surface area contributed by atoms with Crippen LogP contribution < -0.4 is 5.32 Å². The van der Waals surface area contributed by atoms with Crippen LogP contribution in [0.1, 0.15) is 46.0 Å². The quantitative estimate of drug-likeness (QED) is 0.834. The fourth-order valence-corrected chi connectivity index (χ4v) is 4.33. The van der Waals surface area contributed by atoms with E-state index in [1.165, 1.54) is 18.2 Å². The highest BCUT2D eigenvalue weighted by atomic mass is 32.2. The van der Waals surface area contributed by atoms with E-state index in [1.54, 1.807) is 13.8 Å². The first-order chi connectivity index (χ1) is 11.9. The van der Waals surface area contributed by atoms with Gasteiger partial charge in [-0.05, 0) is 12.8 Å². The molecule has 2 amide bonds. The Labute approximate surface area is 153 Å². The predicted octanol–water partition coefficient (Wildman–Crippen LogP) is 2.54. The predicted molar refractivity (Wildman–Crippen MR) is 95.8 cm³/mol. The molecule has 25 heavy (non-hydrogen) atoms. The van der Waals surface area contributed by atoms with Gasteiger partial charge in [0.05, 0.1) is 28.5 Å². The topological polar surface area (TPSA) is 97.0 Å². The summed E-state index contributed by atoms with van der Waals surface area (Å²) >= 11 is 1.19. The number of carbonyl (C=O) groups is 2. The molecule has 7 heteroatoms. The van der Waals surface area contributed by atoms with Crippen molar-refractivity contribution < 1.29 is 9.59 Å². The molecule has 0 aromatic rings. The van der Waals surface area contributed by atoms with Crippen molar-refractivity contribution in [2.75, 3.05) is 18.8 Å². The molecule has 2 rings (SSSR count). The number of thioether (sulfide) groups is 1. The molecule has 0 aromatic carbocycles. The highest BCUT2D eigenvalue weighted by Crippen LogP contribution is 2.41. The first-order valence-corrected chi connectivity index (χ1v) is 9.66. The normalized spacial score (nSPS) is 23.8. The molecular weight excluding hydrogens is 336 g/mol. The molecule has 1 N–H and O–H groups in total. The molecule has 1 fully saturated rings. The summed E-state index contributed by atoms with van der Waals surface area (Å²) in [5, 5.41) is 21.8. The van der Waals surface area contributed by atoms with E-state index in [1.807, 2.05) is 11.0 Å². The van der Waals surface area contributed by atoms with E-state index in [0.29, 0.717) is 10.6 Å². The number of allylic oxidation sites excluding steroid dienone is 1. The van der Waals surface area contributed by atoms with Crippen LogP contribution in [0.25, 0.3) is 0 Å². The lowest BCUT2D eigenvalue weighted by atomic mass is 9.72. The molecule has 0 radical (unpaired) electrons. The molecule has 2 aliphatic heterocycles. The third-order valence-electron chi connectivity index (χ3n) is 4.88. The molecule has 0 aromatic heterocycles. The van der Waals surface area contributed by atoms with Crippen LogP contribution in [0.2, 0.25) is 0 Å². The Bertz CT molecular complexity index is 649. The minimum atomic E-state index is -0.906. The van der Waals surface area contributed by atoms with Crippen LogP contribution >= 0.6 is 11.8 Å². The Morgan fingerprint density at radius 3 is 2.40 bits per heavy atom. The Morgan fingerprint density at radius 1 is 1.24 bits per heavy atom. The van der Waals surface area contributed by atoms with Gasteiger partial charge in [0.15, 0.2) is 0 Å². The standard InChI is InChI=1S/C18H24N4O2S/c1-18(2)13(10-19)16(24)21-17(14(18)11-20)25-12-15(23)22-8-6-4-3-5-7-9-22/h13H,3-9,12H2,1-2H3,(H,21,24)/t13-/m0/s1. The molecular formula is C18H24N4O2S. The lowest BCUT2D eigenvalue weighted by Gasteiger charge is -2.34. The minimum Gasteiger partial charge on any atom is -0.342 e. The van der Waals surface area contributed by atoms with Crippen LogP contribution in [0, 0.1) is 34.0 Å². The maximum atomic E-state index is 12.5. The van der Waals surface area contributed by atoms with Gasteiger partial charge < -0.3 is 10.2 Å². The van der Waals surface area contributed by atoms with Crippen LogP contribution in [0.3, 0.4) is 0 Å². The number of carbonyl (C=O) groups excluding carboxylic acids is 2. The number of rotatable bonds is 3. The van der Waals surface area contributed by atoms with Gasteiger partial charge in [0, 0.05) is 18.5 Å². The number of nitrogens with one attached hydrogen (secondary N) is 1. The Kier molecular flexibility index (Phi) is 6.50. The highest BCUT2D eigenvalue weighted by Gasteiger charge is 2.44. The molecule has 0 bridgehead atoms. The average Bonchev–Trinajstić information content (AvgIpc) is 2.51. The maximum absolute atomic E-state index is 12.5. The minimum absolute atomic E-state index is 0.0335. The molecule has 134 valence electrons. The summed E-state index contributed by atoms with van der Waals surface area (Å²) in [4.78, 5) is 26.5. The lowest BCUT2D eigenvalue weighted by molar-refractivity contribution is -0.129. The average molecular weight is 360 g/mol. The molecule has 2 heterocycles. The fraction of sp³-hybridized carbons (Fsp3) is 0.667. The van der Waals surface area contributed by atoms with Crippen molar-refractivity contribution in [1.29, 1.82) is 10.5 Å². The zero-order valence-electron chi connectivity index (χ0n) is 14.8. The second-order valence-electron chi connectivity index (χ2n) is 7.03. The van der Waals surface area contributed by atoms with Gasteiger partial charge in [0.25, 0.3) is 0 Å². The van der Waals surface area contributed by atoms with Gasteiger partial charge >= 0.3 is 0 Å². The first-order valence-electron chi connectivity index (χ1n) is 8.67. The summed E-state index contributed by atoms with van der Waals surface area (Å²) in [6.07, 6.45) is 5.59. The fourth-order valence-electron chi connectivity index (χ4n) is 3.26. The number of hydrogen-bond donors (Lipinski definition) is 1. The SMILES string of the molecule is CC1(C)C(C#N)=C(SCC(=O)N2CCCCCCC2)NC(=O)[C@@H]1C#N. The van der Waals surface area contributed by atoms with E-state index in [9.17, 15) is 20.1 Å². The van der Waals surface area contributed by atoms with Gasteiger partial charge in [-0.3, -0.25) is 9.59 Å². The van der Waals surface area contributed by atoms with E-state index in [2.05, 4.69) is 11.4 Å². The summed E-state index contributed by atoms with van der Waals surface area (Å²) in [7, 11) is 0. The summed E-state index contributed by atoms with van der Waals surface area (Å²) in [5.74, 6) is -1.09. The number of likely N-dealkylation sites (tertiary alicyclic amines) is 1. The van der Waals surface area contributed by atoms with Crippen molar-refractivity contribution in [1.82, 2.24) is 10.2 Å². The summed E-state index contributed by atoms with van der Waals surface area (Å²) in [6, 6.07) is 4.10. The summed E-state index contributed by atoms with van der Waals surface area (Å²) < 4.78 is 0. The second kappa shape index (κ2) is 8.40. The zero-order valence-corrected chi connectivity index (χ0v) is 15.6. The van der Waals surface area contributed by atoms with E-state index in [-0.39, 0.29) is 11.7 Å². The van der Waals surface area contributed by atoms with Crippen LogP contribution in [0.15, 0.2) is 10.6 Å². The molecule has 0 unspecified atom stereocenters. The van der Waals surface area contributed by atoms with Gasteiger partial charge in [0.2, 0.25) is 11.8 Å². The lowest BCUT2D eigenvalue weighted by Crippen LogP contribution is -2.45. The Hall–Kier alpha value is -1.99. The van der Waals surface area contributed by atoms with E-state index in [4.69, 9.17) is 0 Å². The molecule has 2 aliphatic rings. The van der Waals surface area contributed by atoms with Gasteiger partial charge in [-0.2, -0.15) is 10.5 Å². The van der Waals surface area contributed by atoms with Gasteiger partial charge in [-0.1, -0.05) is 44.9 Å². The van der Waals surface area contributed by atoms with E-state index >= 15 is 0 Å². The van der Waals surface area contributed by atoms with Crippen LogP contribution in [-0.2, 0) is 9.59 Å². The number of nitrogens with zero attached hydrogens (tertiary/aromatic N) is 3. The van der Waals surface area contributed by atoms with Crippen molar-refractivity contribution in [3.63, 3.8) is 0 Å². The first kappa shape index (κ1) is 19.3. The largest absolute Gasteiger partial charge is 0.342 e. The Morgan fingerprint density at radius 2 is 1.84 bits per heavy atom. The highest BCUT2D eigenvalue weighted by molar-refractivity contribution is 8.03. The second-order valence-corrected chi connectivity index (χ2v) is 8.01. The maximum Gasteiger partial charge on any atom is 0.243 e. The zero-order chi connectivity index (χ0) is 18.4. The van der Waals surface area contributed by atoms with Gasteiger partial charge in [-0.15, -0.1) is 0 Å². The van der Waals surface area contributed by atoms with Crippen LogP contribution in [0.4, 0.5) is 0 Å². The van der Waals surface area contributed by atoms with Crippen molar-refractivity contribution in [3.8, 4) is 12.1 Å². The summed E-state index contributed by atoms with van der Waals surface area (Å²) in [6.45, 7) is 4.99. The number of nitriles is 2. The van der Waals surface area contributed by atoms with Crippen molar-refractivity contribution in [3.05, 3.63) is 10.6 Å². The summed E-state index contributed by atoms with van der Waals surface area (Å²) in [5.41, 5.74) is -0.498. The molecule has 6 nitrogen and oxygen atoms in total. The molecule has 0 saturated carbocycles. The number of amides is 2. The molecule has 1 saturated heterocycles. The number of hydrogen-bond acceptors (Lipinski definition) is 5.